The van der Waals surface area contributed by atoms with Gasteiger partial charge in [0.05, 0.1) is 12.4 Å². The maximum atomic E-state index is 11.6. The van der Waals surface area contributed by atoms with Gasteiger partial charge in [-0.2, -0.15) is 0 Å². The minimum atomic E-state index is -0.172. The highest BCUT2D eigenvalue weighted by molar-refractivity contribution is 7.99. The zero-order valence-electron chi connectivity index (χ0n) is 14.6. The molecule has 0 unspecified atom stereocenters. The van der Waals surface area contributed by atoms with Crippen molar-refractivity contribution in [3.05, 3.63) is 6.33 Å². The van der Waals surface area contributed by atoms with Crippen molar-refractivity contribution >= 4 is 17.7 Å². The number of hydrogen-bond acceptors (Lipinski definition) is 5. The molecule has 0 aromatic carbocycles. The largest absolute Gasteiger partial charge is 0.465 e. The lowest BCUT2D eigenvalue weighted by Gasteiger charge is -2.05. The van der Waals surface area contributed by atoms with Crippen LogP contribution in [0.2, 0.25) is 0 Å². The number of unbranched alkanes of at least 4 members (excludes halogenated alkanes) is 9. The lowest BCUT2D eigenvalue weighted by atomic mass is 10.1. The van der Waals surface area contributed by atoms with Gasteiger partial charge < -0.3 is 9.30 Å². The summed E-state index contributed by atoms with van der Waals surface area (Å²) >= 11 is 1.36. The van der Waals surface area contributed by atoms with Gasteiger partial charge in [-0.25, -0.2) is 0 Å². The molecule has 0 fully saturated rings. The van der Waals surface area contributed by atoms with Crippen LogP contribution in [0, 0.1) is 0 Å². The van der Waals surface area contributed by atoms with Crippen molar-refractivity contribution in [2.24, 2.45) is 7.05 Å². The molecule has 0 atom stereocenters. The number of thioether (sulfide) groups is 1. The van der Waals surface area contributed by atoms with Gasteiger partial charge in [-0.15, -0.1) is 10.2 Å². The normalized spacial score (nSPS) is 10.9. The molecule has 1 aromatic heterocycles. The first-order valence-electron chi connectivity index (χ1n) is 8.86. The Kier molecular flexibility index (Phi) is 11.7. The predicted molar refractivity (Wildman–Crippen MR) is 94.5 cm³/mol. The molecule has 0 saturated heterocycles. The Morgan fingerprint density at radius 2 is 1.70 bits per heavy atom. The molecular weight excluding hydrogens is 310 g/mol. The Labute approximate surface area is 144 Å². The molecule has 0 aliphatic heterocycles. The third kappa shape index (κ3) is 10.4. The third-order valence-electron chi connectivity index (χ3n) is 3.75. The van der Waals surface area contributed by atoms with E-state index in [2.05, 4.69) is 17.1 Å². The van der Waals surface area contributed by atoms with Gasteiger partial charge in [0.15, 0.2) is 5.16 Å². The fourth-order valence-corrected chi connectivity index (χ4v) is 3.03. The molecule has 0 amide bonds. The summed E-state index contributed by atoms with van der Waals surface area (Å²) in [6, 6.07) is 0. The molecule has 0 saturated carbocycles. The van der Waals surface area contributed by atoms with Crippen LogP contribution in [0.3, 0.4) is 0 Å². The highest BCUT2D eigenvalue weighted by Gasteiger charge is 2.07. The van der Waals surface area contributed by atoms with E-state index in [1.807, 2.05) is 7.05 Å². The van der Waals surface area contributed by atoms with Crippen LogP contribution < -0.4 is 0 Å². The number of aryl methyl sites for hydroxylation is 1. The van der Waals surface area contributed by atoms with Crippen molar-refractivity contribution in [3.63, 3.8) is 0 Å². The number of aromatic nitrogens is 3. The van der Waals surface area contributed by atoms with Gasteiger partial charge in [-0.1, -0.05) is 76.5 Å². The quantitative estimate of drug-likeness (QED) is 0.286. The van der Waals surface area contributed by atoms with Gasteiger partial charge in [-0.3, -0.25) is 4.79 Å². The second-order valence-corrected chi connectivity index (χ2v) is 6.86. The number of hydrogen-bond donors (Lipinski definition) is 0. The first kappa shape index (κ1) is 20.0. The minimum Gasteiger partial charge on any atom is -0.465 e. The van der Waals surface area contributed by atoms with Crippen LogP contribution in [0.4, 0.5) is 0 Å². The first-order valence-corrected chi connectivity index (χ1v) is 9.85. The highest BCUT2D eigenvalue weighted by atomic mass is 32.2. The van der Waals surface area contributed by atoms with Crippen molar-refractivity contribution in [2.45, 2.75) is 76.3 Å². The SMILES string of the molecule is CCCCCCCCCCCCOC(=O)CSc1nncn1C. The van der Waals surface area contributed by atoms with Gasteiger partial charge in [0.2, 0.25) is 0 Å². The van der Waals surface area contributed by atoms with Crippen molar-refractivity contribution < 1.29 is 9.53 Å². The summed E-state index contributed by atoms with van der Waals surface area (Å²) in [5, 5.41) is 8.43. The van der Waals surface area contributed by atoms with Crippen molar-refractivity contribution in [1.29, 1.82) is 0 Å². The van der Waals surface area contributed by atoms with E-state index in [1.165, 1.54) is 63.1 Å². The fraction of sp³-hybridized carbons (Fsp3) is 0.824. The lowest BCUT2D eigenvalue weighted by Crippen LogP contribution is -2.09. The number of nitrogens with zero attached hydrogens (tertiary/aromatic N) is 3. The van der Waals surface area contributed by atoms with E-state index < -0.39 is 0 Å². The number of carbonyl (C=O) groups excluding carboxylic acids is 1. The summed E-state index contributed by atoms with van der Waals surface area (Å²) in [4.78, 5) is 11.6. The number of carbonyl (C=O) groups is 1. The molecule has 6 heteroatoms. The Morgan fingerprint density at radius 3 is 2.26 bits per heavy atom. The van der Waals surface area contributed by atoms with Gasteiger partial charge in [-0.05, 0) is 6.42 Å². The molecule has 0 N–H and O–H groups in total. The lowest BCUT2D eigenvalue weighted by molar-refractivity contribution is -0.140. The smallest absolute Gasteiger partial charge is 0.316 e. The zero-order valence-corrected chi connectivity index (χ0v) is 15.4. The predicted octanol–water partition coefficient (Wildman–Crippen LogP) is 4.37. The molecule has 132 valence electrons. The highest BCUT2D eigenvalue weighted by Crippen LogP contribution is 2.14. The summed E-state index contributed by atoms with van der Waals surface area (Å²) in [6.07, 6.45) is 14.5. The molecule has 0 radical (unpaired) electrons. The maximum absolute atomic E-state index is 11.6. The summed E-state index contributed by atoms with van der Waals surface area (Å²) in [5.41, 5.74) is 0. The van der Waals surface area contributed by atoms with Gasteiger partial charge in [0.1, 0.15) is 6.33 Å². The molecular formula is C17H31N3O2S. The molecule has 0 aliphatic carbocycles. The van der Waals surface area contributed by atoms with E-state index >= 15 is 0 Å². The van der Waals surface area contributed by atoms with Crippen LogP contribution in [0.5, 0.6) is 0 Å². The summed E-state index contributed by atoms with van der Waals surface area (Å²) in [7, 11) is 1.86. The van der Waals surface area contributed by atoms with Crippen molar-refractivity contribution in [2.75, 3.05) is 12.4 Å². The summed E-state index contributed by atoms with van der Waals surface area (Å²) in [6.45, 7) is 2.79. The number of rotatable bonds is 14. The van der Waals surface area contributed by atoms with E-state index in [4.69, 9.17) is 4.74 Å². The molecule has 0 aliphatic rings. The maximum Gasteiger partial charge on any atom is 0.316 e. The molecule has 0 spiro atoms. The van der Waals surface area contributed by atoms with E-state index in [0.717, 1.165) is 18.0 Å². The Balaban J connectivity index is 1.85. The van der Waals surface area contributed by atoms with Crippen LogP contribution in [-0.4, -0.2) is 33.1 Å². The zero-order chi connectivity index (χ0) is 16.8. The van der Waals surface area contributed by atoms with Crippen molar-refractivity contribution in [3.8, 4) is 0 Å². The van der Waals surface area contributed by atoms with E-state index in [0.29, 0.717) is 12.4 Å². The average Bonchev–Trinajstić information content (AvgIpc) is 2.96. The Hall–Kier alpha value is -1.04. The number of esters is 1. The second kappa shape index (κ2) is 13.4. The standard InChI is InChI=1S/C17H31N3O2S/c1-3-4-5-6-7-8-9-10-11-12-13-22-16(21)14-23-17-19-18-15-20(17)2/h15H,3-14H2,1-2H3. The molecule has 0 bridgehead atoms. The summed E-state index contributed by atoms with van der Waals surface area (Å²) < 4.78 is 7.03. The van der Waals surface area contributed by atoms with Crippen molar-refractivity contribution in [1.82, 2.24) is 14.8 Å². The average molecular weight is 342 g/mol. The van der Waals surface area contributed by atoms with Crippen LogP contribution in [-0.2, 0) is 16.6 Å². The molecule has 1 heterocycles. The Morgan fingerprint density at radius 1 is 1.09 bits per heavy atom. The van der Waals surface area contributed by atoms with Crippen LogP contribution in [0.1, 0.15) is 71.1 Å². The molecule has 1 rings (SSSR count). The second-order valence-electron chi connectivity index (χ2n) is 5.92. The fourth-order valence-electron chi connectivity index (χ4n) is 2.34. The third-order valence-corrected chi connectivity index (χ3v) is 4.76. The monoisotopic (exact) mass is 341 g/mol. The van der Waals surface area contributed by atoms with Crippen LogP contribution >= 0.6 is 11.8 Å². The van der Waals surface area contributed by atoms with E-state index in [9.17, 15) is 4.79 Å². The van der Waals surface area contributed by atoms with Gasteiger partial charge in [0, 0.05) is 7.05 Å². The molecule has 5 nitrogen and oxygen atoms in total. The van der Waals surface area contributed by atoms with Gasteiger partial charge in [0.25, 0.3) is 0 Å². The van der Waals surface area contributed by atoms with Crippen LogP contribution in [0.15, 0.2) is 11.5 Å². The van der Waals surface area contributed by atoms with Crippen LogP contribution in [0.25, 0.3) is 0 Å². The van der Waals surface area contributed by atoms with Gasteiger partial charge >= 0.3 is 5.97 Å². The first-order chi connectivity index (χ1) is 11.2. The molecule has 23 heavy (non-hydrogen) atoms. The van der Waals surface area contributed by atoms with E-state index in [1.54, 1.807) is 10.9 Å². The topological polar surface area (TPSA) is 57.0 Å². The summed E-state index contributed by atoms with van der Waals surface area (Å²) in [5.74, 6) is 0.124. The minimum absolute atomic E-state index is 0.172. The van der Waals surface area contributed by atoms with E-state index in [-0.39, 0.29) is 5.97 Å². The Bertz CT molecular complexity index is 424. The number of ether oxygens (including phenoxy) is 1. The molecule has 1 aromatic rings.